The second-order valence-electron chi connectivity index (χ2n) is 5.49. The summed E-state index contributed by atoms with van der Waals surface area (Å²) in [5.41, 5.74) is 4.80. The van der Waals surface area contributed by atoms with Crippen LogP contribution in [0, 0.1) is 12.3 Å². The summed E-state index contributed by atoms with van der Waals surface area (Å²) in [5, 5.41) is 0. The van der Waals surface area contributed by atoms with Gasteiger partial charge in [-0.15, -0.1) is 0 Å². The summed E-state index contributed by atoms with van der Waals surface area (Å²) in [5.74, 6) is 0. The number of rotatable bonds is 2. The molecule has 0 aromatic heterocycles. The molecule has 1 aromatic rings. The van der Waals surface area contributed by atoms with Gasteiger partial charge in [0.2, 0.25) is 0 Å². The van der Waals surface area contributed by atoms with Crippen LogP contribution < -0.4 is 0 Å². The average Bonchev–Trinajstić information content (AvgIpc) is 2.25. The lowest BCUT2D eigenvalue weighted by molar-refractivity contribution is 0.588. The van der Waals surface area contributed by atoms with E-state index < -0.39 is 0 Å². The summed E-state index contributed by atoms with van der Waals surface area (Å²) < 4.78 is 0. The predicted molar refractivity (Wildman–Crippen MR) is 77.4 cm³/mol. The molecule has 0 aliphatic rings. The van der Waals surface area contributed by atoms with E-state index in [4.69, 9.17) is 4.99 Å². The van der Waals surface area contributed by atoms with Crippen LogP contribution >= 0.6 is 0 Å². The van der Waals surface area contributed by atoms with Crippen LogP contribution in [0.5, 0.6) is 0 Å². The molecular weight excluding hydrogens is 206 g/mol. The van der Waals surface area contributed by atoms with Crippen LogP contribution in [-0.4, -0.2) is 5.71 Å². The third kappa shape index (κ3) is 3.85. The van der Waals surface area contributed by atoms with E-state index in [0.717, 1.165) is 11.4 Å². The summed E-state index contributed by atoms with van der Waals surface area (Å²) in [7, 11) is 0. The van der Waals surface area contributed by atoms with Crippen LogP contribution in [0.25, 0.3) is 5.70 Å². The zero-order chi connectivity index (χ0) is 13.1. The maximum Gasteiger partial charge on any atom is 0.0658 e. The largest absolute Gasteiger partial charge is 0.257 e. The van der Waals surface area contributed by atoms with Gasteiger partial charge in [-0.1, -0.05) is 56.7 Å². The van der Waals surface area contributed by atoms with Gasteiger partial charge >= 0.3 is 0 Å². The minimum atomic E-state index is 0.124. The van der Waals surface area contributed by atoms with Gasteiger partial charge in [-0.05, 0) is 31.7 Å². The highest BCUT2D eigenvalue weighted by atomic mass is 14.8. The minimum absolute atomic E-state index is 0.124. The summed E-state index contributed by atoms with van der Waals surface area (Å²) in [6, 6.07) is 8.51. The normalized spacial score (nSPS) is 14.0. The van der Waals surface area contributed by atoms with Crippen molar-refractivity contribution in [2.24, 2.45) is 10.4 Å². The van der Waals surface area contributed by atoms with Gasteiger partial charge in [0.15, 0.2) is 0 Å². The molecule has 1 nitrogen and oxygen atoms in total. The van der Waals surface area contributed by atoms with E-state index in [1.807, 2.05) is 6.92 Å². The average molecular weight is 229 g/mol. The number of hydrogen-bond donors (Lipinski definition) is 0. The first-order chi connectivity index (χ1) is 7.84. The predicted octanol–water partition coefficient (Wildman–Crippen LogP) is 4.86. The number of allylic oxidation sites excluding steroid dienone is 1. The molecule has 1 aromatic carbocycles. The fourth-order valence-corrected chi connectivity index (χ4v) is 1.37. The van der Waals surface area contributed by atoms with Crippen molar-refractivity contribution in [3.8, 4) is 0 Å². The summed E-state index contributed by atoms with van der Waals surface area (Å²) in [6.45, 7) is 12.8. The Hall–Kier alpha value is -1.37. The minimum Gasteiger partial charge on any atom is -0.257 e. The Labute approximate surface area is 105 Å². The molecule has 0 saturated heterocycles. The molecule has 0 amide bonds. The van der Waals surface area contributed by atoms with E-state index in [9.17, 15) is 0 Å². The fourth-order valence-electron chi connectivity index (χ4n) is 1.37. The monoisotopic (exact) mass is 229 g/mol. The Morgan fingerprint density at radius 3 is 2.06 bits per heavy atom. The highest BCUT2D eigenvalue weighted by Gasteiger charge is 2.14. The molecule has 0 atom stereocenters. The van der Waals surface area contributed by atoms with Crippen LogP contribution in [0.1, 0.15) is 45.7 Å². The Morgan fingerprint density at radius 1 is 1.12 bits per heavy atom. The molecule has 17 heavy (non-hydrogen) atoms. The molecule has 92 valence electrons. The molecule has 0 saturated carbocycles. The van der Waals surface area contributed by atoms with Gasteiger partial charge in [-0.3, -0.25) is 4.99 Å². The van der Waals surface area contributed by atoms with Gasteiger partial charge in [0.1, 0.15) is 0 Å². The van der Waals surface area contributed by atoms with E-state index in [1.165, 1.54) is 11.1 Å². The fraction of sp³-hybridized carbons (Fsp3) is 0.438. The molecule has 0 spiro atoms. The summed E-state index contributed by atoms with van der Waals surface area (Å²) in [6.07, 6.45) is 2.07. The molecule has 0 bridgehead atoms. The number of nitrogens with zero attached hydrogens (tertiary/aromatic N) is 1. The highest BCUT2D eigenvalue weighted by molar-refractivity contribution is 5.91. The standard InChI is InChI=1S/C16H23N/c1-7-15(17-13(3)16(4,5)6)14-10-8-12(2)9-11-14/h7-11H,1-6H3/b15-7-,17-13?. The highest BCUT2D eigenvalue weighted by Crippen LogP contribution is 2.22. The van der Waals surface area contributed by atoms with Crippen molar-refractivity contribution in [3.63, 3.8) is 0 Å². The lowest BCUT2D eigenvalue weighted by Gasteiger charge is -2.18. The lowest BCUT2D eigenvalue weighted by atomic mass is 9.91. The second kappa shape index (κ2) is 5.31. The van der Waals surface area contributed by atoms with Crippen LogP contribution in [0.2, 0.25) is 0 Å². The zero-order valence-corrected chi connectivity index (χ0v) is 11.8. The van der Waals surface area contributed by atoms with E-state index in [0.29, 0.717) is 0 Å². The maximum absolute atomic E-state index is 4.74. The van der Waals surface area contributed by atoms with E-state index in [1.54, 1.807) is 0 Å². The SMILES string of the molecule is C/C=C(\N=C(C)C(C)(C)C)c1ccc(C)cc1. The molecule has 0 aliphatic heterocycles. The van der Waals surface area contributed by atoms with Crippen molar-refractivity contribution in [3.05, 3.63) is 41.5 Å². The first-order valence-corrected chi connectivity index (χ1v) is 6.13. The molecule has 0 unspecified atom stereocenters. The van der Waals surface area contributed by atoms with Crippen molar-refractivity contribution >= 4 is 11.4 Å². The molecule has 1 rings (SSSR count). The third-order valence-electron chi connectivity index (χ3n) is 2.99. The van der Waals surface area contributed by atoms with Gasteiger partial charge in [0.05, 0.1) is 5.70 Å². The Balaban J connectivity index is 3.07. The number of benzene rings is 1. The second-order valence-corrected chi connectivity index (χ2v) is 5.49. The first-order valence-electron chi connectivity index (χ1n) is 6.13. The molecule has 0 fully saturated rings. The first kappa shape index (κ1) is 13.7. The zero-order valence-electron chi connectivity index (χ0n) is 11.8. The maximum atomic E-state index is 4.74. The van der Waals surface area contributed by atoms with Crippen molar-refractivity contribution < 1.29 is 0 Å². The van der Waals surface area contributed by atoms with Crippen molar-refractivity contribution in [1.82, 2.24) is 0 Å². The van der Waals surface area contributed by atoms with Gasteiger partial charge in [-0.2, -0.15) is 0 Å². The number of hydrogen-bond acceptors (Lipinski definition) is 1. The van der Waals surface area contributed by atoms with Crippen molar-refractivity contribution in [2.75, 3.05) is 0 Å². The topological polar surface area (TPSA) is 12.4 Å². The van der Waals surface area contributed by atoms with E-state index in [2.05, 4.69) is 65.0 Å². The molecule has 0 aliphatic carbocycles. The summed E-state index contributed by atoms with van der Waals surface area (Å²) in [4.78, 5) is 4.74. The van der Waals surface area contributed by atoms with Gasteiger partial charge in [-0.25, -0.2) is 0 Å². The molecule has 0 N–H and O–H groups in total. The van der Waals surface area contributed by atoms with Crippen LogP contribution in [-0.2, 0) is 0 Å². The quantitative estimate of drug-likeness (QED) is 0.642. The van der Waals surface area contributed by atoms with Gasteiger partial charge < -0.3 is 0 Å². The van der Waals surface area contributed by atoms with E-state index in [-0.39, 0.29) is 5.41 Å². The van der Waals surface area contributed by atoms with Crippen LogP contribution in [0.15, 0.2) is 35.3 Å². The van der Waals surface area contributed by atoms with Crippen LogP contribution in [0.3, 0.4) is 0 Å². The Bertz CT molecular complexity index is 428. The van der Waals surface area contributed by atoms with Crippen molar-refractivity contribution in [2.45, 2.75) is 41.5 Å². The van der Waals surface area contributed by atoms with Gasteiger partial charge in [0.25, 0.3) is 0 Å². The Kier molecular flexibility index (Phi) is 4.28. The Morgan fingerprint density at radius 2 is 1.65 bits per heavy atom. The van der Waals surface area contributed by atoms with E-state index >= 15 is 0 Å². The van der Waals surface area contributed by atoms with Crippen molar-refractivity contribution in [1.29, 1.82) is 0 Å². The molecule has 0 heterocycles. The van der Waals surface area contributed by atoms with Gasteiger partial charge in [0, 0.05) is 5.71 Å². The molecule has 0 radical (unpaired) electrons. The number of aryl methyl sites for hydroxylation is 1. The smallest absolute Gasteiger partial charge is 0.0658 e. The molecule has 1 heteroatoms. The number of aliphatic imine (C=N–C) groups is 1. The third-order valence-corrected chi connectivity index (χ3v) is 2.99. The summed E-state index contributed by atoms with van der Waals surface area (Å²) >= 11 is 0. The lowest BCUT2D eigenvalue weighted by Crippen LogP contribution is -2.16. The van der Waals surface area contributed by atoms with Crippen LogP contribution in [0.4, 0.5) is 0 Å². The molecular formula is C16H23N.